The highest BCUT2D eigenvalue weighted by Crippen LogP contribution is 2.34. The number of rotatable bonds is 3. The van der Waals surface area contributed by atoms with E-state index in [1.165, 1.54) is 12.1 Å². The van der Waals surface area contributed by atoms with E-state index in [4.69, 9.17) is 4.42 Å². The van der Waals surface area contributed by atoms with Crippen molar-refractivity contribution in [1.82, 2.24) is 4.98 Å². The molecule has 0 radical (unpaired) electrons. The van der Waals surface area contributed by atoms with Crippen molar-refractivity contribution < 1.29 is 8.81 Å². The van der Waals surface area contributed by atoms with Gasteiger partial charge in [0.15, 0.2) is 0 Å². The van der Waals surface area contributed by atoms with E-state index in [1.807, 2.05) is 29.3 Å². The summed E-state index contributed by atoms with van der Waals surface area (Å²) in [6.07, 6.45) is 5.28. The molecule has 4 rings (SSSR count). The van der Waals surface area contributed by atoms with E-state index in [0.29, 0.717) is 13.2 Å². The fourth-order valence-electron chi connectivity index (χ4n) is 2.68. The first-order valence-corrected chi connectivity index (χ1v) is 7.33. The Bertz CT molecular complexity index is 840. The van der Waals surface area contributed by atoms with Crippen LogP contribution in [-0.4, -0.2) is 17.9 Å². The summed E-state index contributed by atoms with van der Waals surface area (Å²) in [6.45, 7) is 1.15. The molecule has 4 nitrogen and oxygen atoms in total. The first-order valence-electron chi connectivity index (χ1n) is 7.33. The average Bonchev–Trinajstić information content (AvgIpc) is 3.02. The second-order valence-corrected chi connectivity index (χ2v) is 5.35. The maximum absolute atomic E-state index is 13.1. The highest BCUT2D eigenvalue weighted by atomic mass is 19.1. The molecule has 0 N–H and O–H groups in total. The van der Waals surface area contributed by atoms with E-state index < -0.39 is 0 Å². The third-order valence-corrected chi connectivity index (χ3v) is 3.80. The van der Waals surface area contributed by atoms with Gasteiger partial charge in [-0.05, 0) is 29.8 Å². The molecule has 0 amide bonds. The molecule has 114 valence electrons. The van der Waals surface area contributed by atoms with Gasteiger partial charge < -0.3 is 9.32 Å². The number of fused-ring (bicyclic) bond motifs is 1. The molecule has 0 atom stereocenters. The highest BCUT2D eigenvalue weighted by Gasteiger charge is 2.22. The van der Waals surface area contributed by atoms with Crippen molar-refractivity contribution in [2.24, 2.45) is 4.99 Å². The minimum Gasteiger partial charge on any atom is -0.447 e. The Balaban J connectivity index is 1.68. The summed E-state index contributed by atoms with van der Waals surface area (Å²) >= 11 is 0. The Kier molecular flexibility index (Phi) is 3.38. The molecule has 1 aliphatic rings. The molecule has 3 aromatic rings. The van der Waals surface area contributed by atoms with Crippen molar-refractivity contribution in [2.75, 3.05) is 11.6 Å². The summed E-state index contributed by atoms with van der Waals surface area (Å²) < 4.78 is 18.9. The van der Waals surface area contributed by atoms with E-state index in [2.05, 4.69) is 9.98 Å². The predicted molar refractivity (Wildman–Crippen MR) is 87.0 cm³/mol. The van der Waals surface area contributed by atoms with Crippen molar-refractivity contribution in [3.8, 4) is 11.1 Å². The molecule has 0 bridgehead atoms. The second-order valence-electron chi connectivity index (χ2n) is 5.35. The second kappa shape index (κ2) is 5.68. The minimum atomic E-state index is -0.253. The van der Waals surface area contributed by atoms with Gasteiger partial charge in [-0.15, -0.1) is 0 Å². The van der Waals surface area contributed by atoms with Crippen LogP contribution in [0.5, 0.6) is 0 Å². The van der Waals surface area contributed by atoms with Crippen LogP contribution in [0.4, 0.5) is 10.3 Å². The van der Waals surface area contributed by atoms with E-state index in [9.17, 15) is 4.39 Å². The van der Waals surface area contributed by atoms with Gasteiger partial charge in [-0.2, -0.15) is 0 Å². The SMILES string of the molecule is Fc1ccc(-c2coc3c2C=NCN3Cc2ccccn2)cc1. The number of benzene rings is 1. The van der Waals surface area contributed by atoms with Crippen LogP contribution >= 0.6 is 0 Å². The number of aromatic nitrogens is 1. The van der Waals surface area contributed by atoms with Gasteiger partial charge in [-0.1, -0.05) is 18.2 Å². The van der Waals surface area contributed by atoms with Crippen molar-refractivity contribution in [3.05, 3.63) is 72.0 Å². The van der Waals surface area contributed by atoms with Gasteiger partial charge in [-0.25, -0.2) is 4.39 Å². The Morgan fingerprint density at radius 3 is 2.78 bits per heavy atom. The lowest BCUT2D eigenvalue weighted by atomic mass is 10.0. The first-order chi connectivity index (χ1) is 11.3. The smallest absolute Gasteiger partial charge is 0.206 e. The number of hydrogen-bond donors (Lipinski definition) is 0. The molecule has 0 fully saturated rings. The zero-order chi connectivity index (χ0) is 15.6. The number of aliphatic imine (C=N–C) groups is 1. The topological polar surface area (TPSA) is 41.6 Å². The predicted octanol–water partition coefficient (Wildman–Crippen LogP) is 3.88. The van der Waals surface area contributed by atoms with Gasteiger partial charge in [0.05, 0.1) is 17.8 Å². The number of hydrogen-bond acceptors (Lipinski definition) is 4. The standard InChI is InChI=1S/C18H14FN3O/c19-14-6-4-13(5-7-14)17-11-23-18-16(17)9-20-12-22(18)10-15-3-1-2-8-21-15/h1-9,11H,10,12H2. The lowest BCUT2D eigenvalue weighted by Crippen LogP contribution is -2.26. The van der Waals surface area contributed by atoms with Crippen LogP contribution < -0.4 is 4.90 Å². The molecular weight excluding hydrogens is 293 g/mol. The van der Waals surface area contributed by atoms with Crippen molar-refractivity contribution >= 4 is 12.1 Å². The summed E-state index contributed by atoms with van der Waals surface area (Å²) in [7, 11) is 0. The zero-order valence-electron chi connectivity index (χ0n) is 12.3. The van der Waals surface area contributed by atoms with Crippen LogP contribution in [-0.2, 0) is 6.54 Å². The van der Waals surface area contributed by atoms with E-state index in [1.54, 1.807) is 24.6 Å². The lowest BCUT2D eigenvalue weighted by molar-refractivity contribution is 0.540. The minimum absolute atomic E-state index is 0.253. The molecule has 0 saturated heterocycles. The van der Waals surface area contributed by atoms with Crippen molar-refractivity contribution in [2.45, 2.75) is 6.54 Å². The number of nitrogens with zero attached hydrogens (tertiary/aromatic N) is 3. The molecule has 3 heterocycles. The normalized spacial score (nSPS) is 13.2. The summed E-state index contributed by atoms with van der Waals surface area (Å²) in [5, 5.41) is 0. The quantitative estimate of drug-likeness (QED) is 0.737. The Morgan fingerprint density at radius 2 is 2.00 bits per heavy atom. The molecule has 2 aromatic heterocycles. The molecule has 0 aliphatic carbocycles. The molecule has 1 aliphatic heterocycles. The third kappa shape index (κ3) is 2.61. The van der Waals surface area contributed by atoms with Crippen molar-refractivity contribution in [3.63, 3.8) is 0 Å². The van der Waals surface area contributed by atoms with Gasteiger partial charge in [0, 0.05) is 18.0 Å². The summed E-state index contributed by atoms with van der Waals surface area (Å²) in [6, 6.07) is 12.2. The van der Waals surface area contributed by atoms with E-state index in [-0.39, 0.29) is 5.82 Å². The van der Waals surface area contributed by atoms with Crippen LogP contribution in [0.1, 0.15) is 11.3 Å². The third-order valence-electron chi connectivity index (χ3n) is 3.80. The van der Waals surface area contributed by atoms with Gasteiger partial charge >= 0.3 is 0 Å². The molecule has 0 unspecified atom stereocenters. The first kappa shape index (κ1) is 13.7. The summed E-state index contributed by atoms with van der Waals surface area (Å²) in [5.41, 5.74) is 3.69. The zero-order valence-corrected chi connectivity index (χ0v) is 12.3. The Hall–Kier alpha value is -2.95. The van der Waals surface area contributed by atoms with Crippen molar-refractivity contribution in [1.29, 1.82) is 0 Å². The Morgan fingerprint density at radius 1 is 1.13 bits per heavy atom. The van der Waals surface area contributed by atoms with Gasteiger partial charge in [-0.3, -0.25) is 9.98 Å². The van der Waals surface area contributed by atoms with Crippen LogP contribution in [0.2, 0.25) is 0 Å². The maximum Gasteiger partial charge on any atom is 0.206 e. The van der Waals surface area contributed by atoms with Gasteiger partial charge in [0.1, 0.15) is 18.7 Å². The maximum atomic E-state index is 13.1. The molecule has 0 spiro atoms. The molecule has 5 heteroatoms. The fourth-order valence-corrected chi connectivity index (χ4v) is 2.68. The lowest BCUT2D eigenvalue weighted by Gasteiger charge is -2.23. The number of anilines is 1. The van der Waals surface area contributed by atoms with E-state index >= 15 is 0 Å². The number of pyridine rings is 1. The van der Waals surface area contributed by atoms with Crippen LogP contribution in [0.25, 0.3) is 11.1 Å². The summed E-state index contributed by atoms with van der Waals surface area (Å²) in [5.74, 6) is 0.515. The van der Waals surface area contributed by atoms with Crippen LogP contribution in [0.3, 0.4) is 0 Å². The molecular formula is C18H14FN3O. The monoisotopic (exact) mass is 307 g/mol. The average molecular weight is 307 g/mol. The molecule has 0 saturated carbocycles. The number of halogens is 1. The van der Waals surface area contributed by atoms with Crippen LogP contribution in [0, 0.1) is 5.82 Å². The fraction of sp³-hybridized carbons (Fsp3) is 0.111. The van der Waals surface area contributed by atoms with Crippen LogP contribution in [0.15, 0.2) is 64.3 Å². The van der Waals surface area contributed by atoms with Gasteiger partial charge in [0.2, 0.25) is 5.88 Å². The summed E-state index contributed by atoms with van der Waals surface area (Å²) in [4.78, 5) is 10.8. The van der Waals surface area contributed by atoms with Gasteiger partial charge in [0.25, 0.3) is 0 Å². The Labute approximate surface area is 132 Å². The largest absolute Gasteiger partial charge is 0.447 e. The van der Waals surface area contributed by atoms with E-state index in [0.717, 1.165) is 28.3 Å². The molecule has 1 aromatic carbocycles. The highest BCUT2D eigenvalue weighted by molar-refractivity contribution is 5.96. The number of furan rings is 1. The molecule has 23 heavy (non-hydrogen) atoms.